The van der Waals surface area contributed by atoms with Gasteiger partial charge in [0.25, 0.3) is 0 Å². The van der Waals surface area contributed by atoms with Crippen molar-refractivity contribution in [3.05, 3.63) is 34.9 Å². The van der Waals surface area contributed by atoms with Crippen molar-refractivity contribution in [2.75, 3.05) is 51.1 Å². The van der Waals surface area contributed by atoms with Gasteiger partial charge < -0.3 is 53.0 Å². The van der Waals surface area contributed by atoms with Gasteiger partial charge in [-0.05, 0) is 63.6 Å². The van der Waals surface area contributed by atoms with Crippen LogP contribution in [0.4, 0.5) is 0 Å². The zero-order valence-electron chi connectivity index (χ0n) is 18.6. The van der Waals surface area contributed by atoms with Crippen LogP contribution >= 0.6 is 11.6 Å². The molecular weight excluding hydrogens is 570 g/mol. The molecule has 5 nitrogen and oxygen atoms in total. The van der Waals surface area contributed by atoms with Crippen LogP contribution in [0.2, 0.25) is 5.02 Å². The van der Waals surface area contributed by atoms with Gasteiger partial charge in [-0.3, -0.25) is 9.69 Å². The molecule has 32 heavy (non-hydrogen) atoms. The van der Waals surface area contributed by atoms with Crippen molar-refractivity contribution in [3.63, 3.8) is 0 Å². The van der Waals surface area contributed by atoms with Crippen LogP contribution in [0.1, 0.15) is 30.7 Å². The van der Waals surface area contributed by atoms with Gasteiger partial charge in [-0.1, -0.05) is 23.7 Å². The van der Waals surface area contributed by atoms with Crippen LogP contribution in [0, 0.1) is 5.92 Å². The molecule has 2 aliphatic heterocycles. The fraction of sp³-hybridized carbons (Fsp3) is 0.682. The van der Waals surface area contributed by atoms with Gasteiger partial charge in [0.1, 0.15) is 0 Å². The number of piperidine rings is 1. The van der Waals surface area contributed by atoms with Crippen LogP contribution in [0.15, 0.2) is 24.3 Å². The molecule has 4 unspecified atom stereocenters. The number of carbonyl (C=O) groups is 1. The number of methoxy groups -OCH3 is 1. The van der Waals surface area contributed by atoms with Crippen LogP contribution in [-0.4, -0.2) is 78.9 Å². The van der Waals surface area contributed by atoms with Crippen LogP contribution < -0.4 is 0 Å². The Hall–Kier alpha value is 0.559. The van der Waals surface area contributed by atoms with Gasteiger partial charge in [-0.25, -0.2) is 0 Å². The molecule has 2 saturated heterocycles. The molecule has 3 rings (SSSR count). The number of halogens is 1. The monoisotopic (exact) mass is 600 g/mol. The predicted molar refractivity (Wildman–Crippen MR) is 133 cm³/mol. The number of esters is 1. The molecule has 2 aliphatic rings. The number of hydrogen-bond donors (Lipinski definition) is 0. The molecule has 1 aromatic carbocycles. The summed E-state index contributed by atoms with van der Waals surface area (Å²) in [4.78, 5) is 17.1. The summed E-state index contributed by atoms with van der Waals surface area (Å²) in [5, 5.41) is 0.727. The van der Waals surface area contributed by atoms with E-state index in [-0.39, 0.29) is 49.4 Å². The maximum atomic E-state index is 12.5. The molecule has 0 amide bonds. The van der Waals surface area contributed by atoms with Gasteiger partial charge in [0.2, 0.25) is 0 Å². The van der Waals surface area contributed by atoms with E-state index in [9.17, 15) is 4.79 Å². The van der Waals surface area contributed by atoms with Crippen LogP contribution in [-0.2, 0) is 73.0 Å². The van der Waals surface area contributed by atoms with Crippen LogP contribution in [0.25, 0.3) is 0 Å². The molecule has 2 bridgehead atoms. The standard InChI is InChI=1S/C17H22ClNO2S.C5H13NS2.O.Tc/c1-21-17(20)16-14(11-2-4-12(18)5-3-11)10-13-6-7-15(16)19(13)8-9-22;1-6(2-4-7)3-5-8;;/h2-5,13-16,22H,6-10H2,1H3;7-8H,2-5H2,1H3;;/q;;-2;+5/p-3. The normalized spacial score (nSPS) is 24.1. The Labute approximate surface area is 228 Å². The van der Waals surface area contributed by atoms with E-state index < -0.39 is 0 Å². The number of rotatable bonds is 8. The summed E-state index contributed by atoms with van der Waals surface area (Å²) in [6.45, 7) is 2.88. The summed E-state index contributed by atoms with van der Waals surface area (Å²) in [6.07, 6.45) is 3.20. The summed E-state index contributed by atoms with van der Waals surface area (Å²) >= 11 is 20.7. The van der Waals surface area contributed by atoms with Gasteiger partial charge in [-0.2, -0.15) is 17.3 Å². The Morgan fingerprint density at radius 2 is 1.72 bits per heavy atom. The summed E-state index contributed by atoms with van der Waals surface area (Å²) in [7, 11) is 3.53. The summed E-state index contributed by atoms with van der Waals surface area (Å²) < 4.78 is 5.12. The molecule has 1 aromatic rings. The van der Waals surface area contributed by atoms with Gasteiger partial charge in [0.05, 0.1) is 13.0 Å². The number of carbonyl (C=O) groups excluding carboxylic acids is 1. The van der Waals surface area contributed by atoms with E-state index in [0.29, 0.717) is 11.8 Å². The first-order chi connectivity index (χ1) is 14.5. The van der Waals surface area contributed by atoms with E-state index in [0.717, 1.165) is 55.4 Å². The molecular formula is C22H32ClN2O3S3Tc. The first-order valence-corrected chi connectivity index (χ1v) is 12.6. The Kier molecular flexibility index (Phi) is 17.4. The number of ether oxygens (including phenoxy) is 1. The van der Waals surface area contributed by atoms with Crippen molar-refractivity contribution in [2.24, 2.45) is 5.92 Å². The SMILES string of the molecule is CN(CC[S-])CC[S-].COC(=O)C1C(c2ccc(Cl)cc2)CC2CCC1N2CC[S-].[O-2].[Tc+5]. The molecule has 0 aromatic heterocycles. The third-order valence-corrected chi connectivity index (χ3v) is 6.93. The van der Waals surface area contributed by atoms with Gasteiger partial charge in [0.15, 0.2) is 0 Å². The van der Waals surface area contributed by atoms with Crippen molar-refractivity contribution in [2.45, 2.75) is 37.3 Å². The molecule has 0 spiro atoms. The minimum atomic E-state index is -0.105. The minimum Gasteiger partial charge on any atom is -2.00 e. The predicted octanol–water partition coefficient (Wildman–Crippen LogP) is 2.89. The molecule has 2 heterocycles. The Morgan fingerprint density at radius 3 is 2.22 bits per heavy atom. The number of benzene rings is 1. The quantitative estimate of drug-likeness (QED) is 0.335. The molecule has 2 fully saturated rings. The van der Waals surface area contributed by atoms with Crippen molar-refractivity contribution in [3.8, 4) is 0 Å². The Bertz CT molecular complexity index is 654. The van der Waals surface area contributed by atoms with Crippen molar-refractivity contribution in [1.82, 2.24) is 9.80 Å². The number of fused-ring (bicyclic) bond motifs is 2. The van der Waals surface area contributed by atoms with E-state index in [2.05, 4.69) is 9.80 Å². The smallest absolute Gasteiger partial charge is 2.00 e. The summed E-state index contributed by atoms with van der Waals surface area (Å²) in [6, 6.07) is 8.70. The van der Waals surface area contributed by atoms with Crippen molar-refractivity contribution in [1.29, 1.82) is 0 Å². The average molecular weight is 602 g/mol. The second-order valence-corrected chi connectivity index (χ2v) is 9.56. The fourth-order valence-electron chi connectivity index (χ4n) is 4.70. The Balaban J connectivity index is 0.000000834. The van der Waals surface area contributed by atoms with E-state index in [1.807, 2.05) is 31.3 Å². The first-order valence-electron chi connectivity index (χ1n) is 10.5. The Morgan fingerprint density at radius 1 is 1.12 bits per heavy atom. The molecule has 180 valence electrons. The molecule has 0 N–H and O–H groups in total. The van der Waals surface area contributed by atoms with Crippen molar-refractivity contribution >= 4 is 55.5 Å². The van der Waals surface area contributed by atoms with E-state index in [4.69, 9.17) is 54.2 Å². The van der Waals surface area contributed by atoms with Gasteiger partial charge >= 0.3 is 26.1 Å². The molecule has 0 aliphatic carbocycles. The average Bonchev–Trinajstić information content (AvgIpc) is 3.00. The zero-order valence-corrected chi connectivity index (χ0v) is 23.6. The van der Waals surface area contributed by atoms with E-state index in [1.54, 1.807) is 0 Å². The topological polar surface area (TPSA) is 61.3 Å². The van der Waals surface area contributed by atoms with E-state index >= 15 is 0 Å². The summed E-state index contributed by atoms with van der Waals surface area (Å²) in [5.74, 6) is 2.35. The van der Waals surface area contributed by atoms with Crippen LogP contribution in [0.3, 0.4) is 0 Å². The second-order valence-electron chi connectivity index (χ2n) is 7.89. The van der Waals surface area contributed by atoms with Gasteiger partial charge in [-0.15, -0.1) is 0 Å². The van der Waals surface area contributed by atoms with Gasteiger partial charge in [0, 0.05) is 23.0 Å². The number of nitrogens with zero attached hydrogens (tertiary/aromatic N) is 2. The van der Waals surface area contributed by atoms with E-state index in [1.165, 1.54) is 12.7 Å². The maximum absolute atomic E-state index is 12.5. The van der Waals surface area contributed by atoms with Crippen LogP contribution in [0.5, 0.6) is 0 Å². The number of hydrogen-bond acceptors (Lipinski definition) is 7. The zero-order chi connectivity index (χ0) is 22.1. The summed E-state index contributed by atoms with van der Waals surface area (Å²) in [5.41, 5.74) is 1.19. The minimum absolute atomic E-state index is 0. The second kappa shape index (κ2) is 17.1. The van der Waals surface area contributed by atoms with Crippen molar-refractivity contribution < 1.29 is 35.1 Å². The largest absolute Gasteiger partial charge is 5.00 e. The molecule has 0 saturated carbocycles. The molecule has 4 atom stereocenters. The third-order valence-electron chi connectivity index (χ3n) is 6.13. The fourth-order valence-corrected chi connectivity index (χ4v) is 5.66. The molecule has 0 radical (unpaired) electrons. The maximum Gasteiger partial charge on any atom is 5.00 e. The first kappa shape index (κ1) is 32.6. The third kappa shape index (κ3) is 8.97. The molecule has 10 heteroatoms.